The molecule has 1 aliphatic carbocycles. The summed E-state index contributed by atoms with van der Waals surface area (Å²) in [5.74, 6) is -1.89. The number of benzene rings is 1. The molecule has 2 unspecified atom stereocenters. The number of sulfonamides is 1. The van der Waals surface area contributed by atoms with Crippen molar-refractivity contribution in [2.45, 2.75) is 69.1 Å². The molecule has 0 radical (unpaired) electrons. The topological polar surface area (TPSA) is 117 Å². The number of aliphatic carboxylic acids is 1. The highest BCUT2D eigenvalue weighted by Gasteiger charge is 2.38. The van der Waals surface area contributed by atoms with Crippen LogP contribution in [-0.2, 0) is 21.0 Å². The molecule has 0 aliphatic heterocycles. The molecule has 1 aromatic heterocycles. The number of nitrogens with zero attached hydrogens (tertiary/aromatic N) is 2. The van der Waals surface area contributed by atoms with E-state index in [0.29, 0.717) is 18.7 Å². The molecular weight excluding hydrogens is 499 g/mol. The standard InChI is InChI=1S/C24H28F3N3O5S/c1-15-6-4-5-7-19(15)30(36(34,35)18-12-13-20(28-14-18)24(25,26)27)17-10-8-16(9-11-17)21(31)29-23(2,3)22(32)33/h8-15,19H,4-7H2,1-3H3,(H,29,31)(H,32,33). The summed E-state index contributed by atoms with van der Waals surface area (Å²) in [6, 6.07) is 6.69. The van der Waals surface area contributed by atoms with Crippen LogP contribution in [0, 0.1) is 5.92 Å². The van der Waals surface area contributed by atoms with Crippen LogP contribution in [0.25, 0.3) is 0 Å². The first kappa shape index (κ1) is 27.4. The zero-order valence-corrected chi connectivity index (χ0v) is 20.9. The third-order valence-corrected chi connectivity index (χ3v) is 8.13. The van der Waals surface area contributed by atoms with Crippen LogP contribution in [0.15, 0.2) is 47.5 Å². The van der Waals surface area contributed by atoms with Gasteiger partial charge < -0.3 is 10.4 Å². The first-order chi connectivity index (χ1) is 16.6. The molecule has 1 amide bonds. The summed E-state index contributed by atoms with van der Waals surface area (Å²) in [6.07, 6.45) is -0.932. The third-order valence-electron chi connectivity index (χ3n) is 6.30. The Morgan fingerprint density at radius 3 is 2.17 bits per heavy atom. The number of halogens is 3. The van der Waals surface area contributed by atoms with E-state index in [1.165, 1.54) is 42.4 Å². The van der Waals surface area contributed by atoms with Crippen LogP contribution in [0.2, 0.25) is 0 Å². The number of alkyl halides is 3. The molecule has 2 aromatic rings. The minimum atomic E-state index is -4.70. The lowest BCUT2D eigenvalue weighted by atomic mass is 9.86. The third kappa shape index (κ3) is 5.80. The maximum Gasteiger partial charge on any atom is 0.433 e. The molecule has 1 saturated carbocycles. The van der Waals surface area contributed by atoms with Gasteiger partial charge in [-0.15, -0.1) is 0 Å². The summed E-state index contributed by atoms with van der Waals surface area (Å²) in [6.45, 7) is 4.59. The number of carboxylic acid groups (broad SMARTS) is 1. The molecule has 1 heterocycles. The number of anilines is 1. The van der Waals surface area contributed by atoms with Gasteiger partial charge in [0.15, 0.2) is 0 Å². The van der Waals surface area contributed by atoms with Gasteiger partial charge in [0.05, 0.1) is 5.69 Å². The first-order valence-electron chi connectivity index (χ1n) is 11.4. The van der Waals surface area contributed by atoms with E-state index in [1.807, 2.05) is 6.92 Å². The smallest absolute Gasteiger partial charge is 0.433 e. The van der Waals surface area contributed by atoms with Crippen LogP contribution in [0.5, 0.6) is 0 Å². The lowest BCUT2D eigenvalue weighted by Crippen LogP contribution is -2.49. The van der Waals surface area contributed by atoms with Crippen molar-refractivity contribution < 1.29 is 36.3 Å². The first-order valence-corrected chi connectivity index (χ1v) is 12.8. The van der Waals surface area contributed by atoms with Crippen LogP contribution < -0.4 is 9.62 Å². The van der Waals surface area contributed by atoms with E-state index >= 15 is 0 Å². The summed E-state index contributed by atoms with van der Waals surface area (Å²) in [4.78, 5) is 26.8. The van der Waals surface area contributed by atoms with E-state index in [1.54, 1.807) is 0 Å². The van der Waals surface area contributed by atoms with Crippen LogP contribution in [-0.4, -0.2) is 42.0 Å². The summed E-state index contributed by atoms with van der Waals surface area (Å²) in [5, 5.41) is 11.6. The summed E-state index contributed by atoms with van der Waals surface area (Å²) in [5.41, 5.74) is -2.35. The normalized spacial score (nSPS) is 18.9. The number of amides is 1. The van der Waals surface area contributed by atoms with Crippen LogP contribution in [0.1, 0.15) is 62.5 Å². The Morgan fingerprint density at radius 2 is 1.67 bits per heavy atom. The van der Waals surface area contributed by atoms with Crippen molar-refractivity contribution in [3.05, 3.63) is 53.9 Å². The van der Waals surface area contributed by atoms with Crippen LogP contribution in [0.3, 0.4) is 0 Å². The Balaban J connectivity index is 2.00. The predicted molar refractivity (Wildman–Crippen MR) is 126 cm³/mol. The predicted octanol–water partition coefficient (Wildman–Crippen LogP) is 4.47. The fourth-order valence-electron chi connectivity index (χ4n) is 4.14. The molecule has 0 saturated heterocycles. The average molecular weight is 528 g/mol. The average Bonchev–Trinajstić information content (AvgIpc) is 2.80. The van der Waals surface area contributed by atoms with E-state index in [-0.39, 0.29) is 22.1 Å². The van der Waals surface area contributed by atoms with Gasteiger partial charge in [0.2, 0.25) is 0 Å². The monoisotopic (exact) mass is 527 g/mol. The van der Waals surface area contributed by atoms with E-state index in [9.17, 15) is 36.3 Å². The largest absolute Gasteiger partial charge is 0.480 e. The number of nitrogens with one attached hydrogen (secondary N) is 1. The fraction of sp³-hybridized carbons (Fsp3) is 0.458. The van der Waals surface area contributed by atoms with Gasteiger partial charge in [-0.25, -0.2) is 13.2 Å². The van der Waals surface area contributed by atoms with Gasteiger partial charge in [-0.3, -0.25) is 14.1 Å². The Morgan fingerprint density at radius 1 is 1.06 bits per heavy atom. The Bertz CT molecular complexity index is 1210. The molecule has 0 bridgehead atoms. The number of rotatable bonds is 7. The van der Waals surface area contributed by atoms with Crippen molar-refractivity contribution in [2.24, 2.45) is 5.92 Å². The molecule has 1 fully saturated rings. The van der Waals surface area contributed by atoms with E-state index < -0.39 is 45.4 Å². The quantitative estimate of drug-likeness (QED) is 0.549. The molecule has 1 aromatic carbocycles. The molecule has 2 atom stereocenters. The molecule has 3 rings (SSSR count). The van der Waals surface area contributed by atoms with Crippen molar-refractivity contribution in [3.8, 4) is 0 Å². The van der Waals surface area contributed by atoms with E-state index in [2.05, 4.69) is 10.3 Å². The molecule has 8 nitrogen and oxygen atoms in total. The minimum absolute atomic E-state index is 0.0183. The zero-order chi connectivity index (χ0) is 26.9. The van der Waals surface area contributed by atoms with Gasteiger partial charge in [0.1, 0.15) is 16.1 Å². The van der Waals surface area contributed by atoms with Crippen LogP contribution in [0.4, 0.5) is 18.9 Å². The highest BCUT2D eigenvalue weighted by atomic mass is 32.2. The molecule has 196 valence electrons. The van der Waals surface area contributed by atoms with Gasteiger partial charge in [0.25, 0.3) is 15.9 Å². The number of pyridine rings is 1. The molecular formula is C24H28F3N3O5S. The number of carbonyl (C=O) groups excluding carboxylic acids is 1. The number of hydrogen-bond donors (Lipinski definition) is 2. The zero-order valence-electron chi connectivity index (χ0n) is 20.0. The Kier molecular flexibility index (Phi) is 7.68. The Hall–Kier alpha value is -3.15. The number of carbonyl (C=O) groups is 2. The highest BCUT2D eigenvalue weighted by Crippen LogP contribution is 2.36. The number of carboxylic acids is 1. The lowest BCUT2D eigenvalue weighted by molar-refractivity contribution is -0.143. The minimum Gasteiger partial charge on any atom is -0.480 e. The molecule has 36 heavy (non-hydrogen) atoms. The second kappa shape index (κ2) is 10.1. The fourth-order valence-corrected chi connectivity index (χ4v) is 5.86. The van der Waals surface area contributed by atoms with Crippen molar-refractivity contribution >= 4 is 27.6 Å². The van der Waals surface area contributed by atoms with Gasteiger partial charge in [0, 0.05) is 17.8 Å². The Labute approximate surface area is 207 Å². The molecule has 12 heteroatoms. The van der Waals surface area contributed by atoms with Crippen molar-refractivity contribution in [1.29, 1.82) is 0 Å². The maximum atomic E-state index is 13.7. The van der Waals surface area contributed by atoms with Gasteiger partial charge >= 0.3 is 12.1 Å². The molecule has 2 N–H and O–H groups in total. The van der Waals surface area contributed by atoms with E-state index in [4.69, 9.17) is 0 Å². The highest BCUT2D eigenvalue weighted by molar-refractivity contribution is 7.92. The van der Waals surface area contributed by atoms with E-state index in [0.717, 1.165) is 25.3 Å². The van der Waals surface area contributed by atoms with Crippen molar-refractivity contribution in [1.82, 2.24) is 10.3 Å². The SMILES string of the molecule is CC1CCCCC1N(c1ccc(C(=O)NC(C)(C)C(=O)O)cc1)S(=O)(=O)c1ccc(C(F)(F)F)nc1. The second-order valence-corrected chi connectivity index (χ2v) is 11.3. The van der Waals surface area contributed by atoms with Gasteiger partial charge in [-0.05, 0) is 69.0 Å². The molecule has 1 aliphatic rings. The maximum absolute atomic E-state index is 13.7. The lowest BCUT2D eigenvalue weighted by Gasteiger charge is -2.39. The number of aromatic nitrogens is 1. The van der Waals surface area contributed by atoms with Crippen LogP contribution >= 0.6 is 0 Å². The van der Waals surface area contributed by atoms with Crippen molar-refractivity contribution in [3.63, 3.8) is 0 Å². The summed E-state index contributed by atoms with van der Waals surface area (Å²) in [7, 11) is -4.30. The van der Waals surface area contributed by atoms with Crippen molar-refractivity contribution in [2.75, 3.05) is 4.31 Å². The van der Waals surface area contributed by atoms with Gasteiger partial charge in [-0.1, -0.05) is 19.8 Å². The second-order valence-electron chi connectivity index (χ2n) is 9.44. The van der Waals surface area contributed by atoms with Gasteiger partial charge in [-0.2, -0.15) is 13.2 Å². The number of hydrogen-bond acceptors (Lipinski definition) is 5. The summed E-state index contributed by atoms with van der Waals surface area (Å²) < 4.78 is 67.4. The molecule has 0 spiro atoms. The summed E-state index contributed by atoms with van der Waals surface area (Å²) >= 11 is 0.